The van der Waals surface area contributed by atoms with Gasteiger partial charge in [0.25, 0.3) is 0 Å². The third-order valence-electron chi connectivity index (χ3n) is 2.51. The van der Waals surface area contributed by atoms with Crippen LogP contribution in [0.5, 0.6) is 0 Å². The lowest BCUT2D eigenvalue weighted by molar-refractivity contribution is 0.722. The van der Waals surface area contributed by atoms with Crippen molar-refractivity contribution in [2.24, 2.45) is 5.73 Å². The van der Waals surface area contributed by atoms with Crippen LogP contribution in [0.2, 0.25) is 5.02 Å². The standard InChI is InChI=1S/C11H14ClN3S2/c1-2-3-9-11(17-15-14-9)8(13)6-10-7(12)4-5-16-10/h4-5,8H,2-3,6,13H2,1H3. The lowest BCUT2D eigenvalue weighted by Crippen LogP contribution is -2.13. The molecule has 0 saturated carbocycles. The maximum atomic E-state index is 6.21. The van der Waals surface area contributed by atoms with E-state index in [1.807, 2.05) is 11.4 Å². The number of nitrogens with zero attached hydrogens (tertiary/aromatic N) is 2. The second-order valence-corrected chi connectivity index (χ2v) is 6.03. The predicted octanol–water partition coefficient (Wildman–Crippen LogP) is 3.45. The van der Waals surface area contributed by atoms with Gasteiger partial charge in [-0.05, 0) is 29.4 Å². The number of nitrogens with two attached hydrogens (primary N) is 1. The first-order valence-corrected chi connectivity index (χ1v) is 7.54. The maximum absolute atomic E-state index is 6.21. The molecule has 2 N–H and O–H groups in total. The van der Waals surface area contributed by atoms with E-state index in [1.165, 1.54) is 11.5 Å². The summed E-state index contributed by atoms with van der Waals surface area (Å²) in [4.78, 5) is 2.23. The van der Waals surface area contributed by atoms with Gasteiger partial charge in [0.05, 0.1) is 15.6 Å². The molecule has 0 aliphatic rings. The van der Waals surface area contributed by atoms with E-state index in [0.29, 0.717) is 0 Å². The fourth-order valence-corrected chi connectivity index (χ4v) is 3.54. The van der Waals surface area contributed by atoms with Crippen LogP contribution in [-0.2, 0) is 12.8 Å². The van der Waals surface area contributed by atoms with Crippen molar-refractivity contribution in [3.63, 3.8) is 0 Å². The Balaban J connectivity index is 2.11. The van der Waals surface area contributed by atoms with Crippen molar-refractivity contribution < 1.29 is 0 Å². The fraction of sp³-hybridized carbons (Fsp3) is 0.455. The molecule has 0 saturated heterocycles. The van der Waals surface area contributed by atoms with Crippen molar-refractivity contribution in [1.82, 2.24) is 9.59 Å². The monoisotopic (exact) mass is 287 g/mol. The number of thiophene rings is 1. The van der Waals surface area contributed by atoms with Gasteiger partial charge in [-0.2, -0.15) is 0 Å². The number of halogens is 1. The van der Waals surface area contributed by atoms with Gasteiger partial charge < -0.3 is 5.73 Å². The summed E-state index contributed by atoms with van der Waals surface area (Å²) < 4.78 is 4.00. The SMILES string of the molecule is CCCc1nnsc1C(N)Cc1sccc1Cl. The summed E-state index contributed by atoms with van der Waals surface area (Å²) in [5.41, 5.74) is 7.25. The van der Waals surface area contributed by atoms with Gasteiger partial charge >= 0.3 is 0 Å². The molecule has 92 valence electrons. The molecular weight excluding hydrogens is 274 g/mol. The quantitative estimate of drug-likeness (QED) is 0.916. The van der Waals surface area contributed by atoms with Crippen LogP contribution in [0.25, 0.3) is 0 Å². The van der Waals surface area contributed by atoms with Crippen LogP contribution in [0.3, 0.4) is 0 Å². The molecular formula is C11H14ClN3S2. The number of hydrogen-bond acceptors (Lipinski definition) is 5. The molecule has 1 unspecified atom stereocenters. The molecule has 2 rings (SSSR count). The smallest absolute Gasteiger partial charge is 0.0803 e. The summed E-state index contributed by atoms with van der Waals surface area (Å²) in [6.45, 7) is 2.13. The molecule has 3 nitrogen and oxygen atoms in total. The summed E-state index contributed by atoms with van der Waals surface area (Å²) in [6.07, 6.45) is 2.76. The first kappa shape index (κ1) is 13.0. The number of rotatable bonds is 5. The molecule has 2 aromatic heterocycles. The minimum Gasteiger partial charge on any atom is -0.323 e. The molecule has 0 aliphatic heterocycles. The third-order valence-corrected chi connectivity index (χ3v) is 4.81. The van der Waals surface area contributed by atoms with Crippen LogP contribution >= 0.6 is 34.5 Å². The molecule has 0 aromatic carbocycles. The van der Waals surface area contributed by atoms with Crippen LogP contribution in [0.1, 0.15) is 34.8 Å². The highest BCUT2D eigenvalue weighted by molar-refractivity contribution is 7.10. The Morgan fingerprint density at radius 1 is 1.53 bits per heavy atom. The molecule has 0 spiro atoms. The largest absolute Gasteiger partial charge is 0.323 e. The van der Waals surface area contributed by atoms with Gasteiger partial charge in [0, 0.05) is 17.3 Å². The summed E-state index contributed by atoms with van der Waals surface area (Å²) in [6, 6.07) is 1.86. The van der Waals surface area contributed by atoms with Crippen molar-refractivity contribution in [1.29, 1.82) is 0 Å². The van der Waals surface area contributed by atoms with Crippen LogP contribution in [0.15, 0.2) is 11.4 Å². The third kappa shape index (κ3) is 3.04. The Labute approximate surface area is 114 Å². The molecule has 0 fully saturated rings. The molecule has 2 aromatic rings. The Morgan fingerprint density at radius 2 is 2.35 bits per heavy atom. The number of aromatic nitrogens is 2. The molecule has 0 amide bonds. The number of hydrogen-bond donors (Lipinski definition) is 1. The van der Waals surface area contributed by atoms with Gasteiger partial charge in [-0.15, -0.1) is 16.4 Å². The zero-order valence-corrected chi connectivity index (χ0v) is 11.9. The van der Waals surface area contributed by atoms with Gasteiger partial charge in [0.1, 0.15) is 0 Å². The first-order chi connectivity index (χ1) is 8.22. The molecule has 0 aliphatic carbocycles. The molecule has 0 bridgehead atoms. The Kier molecular flexibility index (Phi) is 4.50. The minimum absolute atomic E-state index is 0.0484. The van der Waals surface area contributed by atoms with E-state index in [0.717, 1.165) is 39.7 Å². The van der Waals surface area contributed by atoms with Gasteiger partial charge in [-0.1, -0.05) is 29.4 Å². The van der Waals surface area contributed by atoms with E-state index >= 15 is 0 Å². The summed E-state index contributed by atoms with van der Waals surface area (Å²) in [5, 5.41) is 6.93. The summed E-state index contributed by atoms with van der Waals surface area (Å²) >= 11 is 9.12. The predicted molar refractivity (Wildman–Crippen MR) is 73.9 cm³/mol. The van der Waals surface area contributed by atoms with E-state index < -0.39 is 0 Å². The maximum Gasteiger partial charge on any atom is 0.0803 e. The van der Waals surface area contributed by atoms with Crippen molar-refractivity contribution in [3.05, 3.63) is 31.9 Å². The average molecular weight is 288 g/mol. The lowest BCUT2D eigenvalue weighted by Gasteiger charge is -2.09. The second kappa shape index (κ2) is 5.91. The highest BCUT2D eigenvalue weighted by Gasteiger charge is 2.17. The second-order valence-electron chi connectivity index (χ2n) is 3.84. The summed E-state index contributed by atoms with van der Waals surface area (Å²) in [7, 11) is 0. The van der Waals surface area contributed by atoms with Crippen molar-refractivity contribution in [2.45, 2.75) is 32.2 Å². The van der Waals surface area contributed by atoms with Gasteiger partial charge in [-0.3, -0.25) is 0 Å². The Hall–Kier alpha value is -0.490. The highest BCUT2D eigenvalue weighted by Crippen LogP contribution is 2.29. The normalized spacial score (nSPS) is 12.9. The van der Waals surface area contributed by atoms with Crippen LogP contribution in [0, 0.1) is 0 Å². The highest BCUT2D eigenvalue weighted by atomic mass is 35.5. The van der Waals surface area contributed by atoms with Gasteiger partial charge in [-0.25, -0.2) is 0 Å². The molecule has 2 heterocycles. The zero-order chi connectivity index (χ0) is 12.3. The fourth-order valence-electron chi connectivity index (χ4n) is 1.67. The Bertz CT molecular complexity index is 481. The van der Waals surface area contributed by atoms with E-state index in [4.69, 9.17) is 17.3 Å². The average Bonchev–Trinajstić information content (AvgIpc) is 2.89. The van der Waals surface area contributed by atoms with Crippen molar-refractivity contribution in [2.75, 3.05) is 0 Å². The Morgan fingerprint density at radius 3 is 3.00 bits per heavy atom. The summed E-state index contributed by atoms with van der Waals surface area (Å²) in [5.74, 6) is 0. The minimum atomic E-state index is -0.0484. The van der Waals surface area contributed by atoms with E-state index in [-0.39, 0.29) is 6.04 Å². The van der Waals surface area contributed by atoms with Crippen LogP contribution < -0.4 is 5.73 Å². The topological polar surface area (TPSA) is 51.8 Å². The van der Waals surface area contributed by atoms with Crippen molar-refractivity contribution in [3.8, 4) is 0 Å². The first-order valence-electron chi connectivity index (χ1n) is 5.51. The molecule has 17 heavy (non-hydrogen) atoms. The molecule has 1 atom stereocenters. The lowest BCUT2D eigenvalue weighted by atomic mass is 10.1. The van der Waals surface area contributed by atoms with E-state index in [9.17, 15) is 0 Å². The van der Waals surface area contributed by atoms with Gasteiger partial charge in [0.2, 0.25) is 0 Å². The molecule has 6 heteroatoms. The van der Waals surface area contributed by atoms with Crippen molar-refractivity contribution >= 4 is 34.5 Å². The van der Waals surface area contributed by atoms with E-state index in [2.05, 4.69) is 16.5 Å². The van der Waals surface area contributed by atoms with Gasteiger partial charge in [0.15, 0.2) is 0 Å². The van der Waals surface area contributed by atoms with Crippen LogP contribution in [-0.4, -0.2) is 9.59 Å². The zero-order valence-electron chi connectivity index (χ0n) is 9.52. The number of aryl methyl sites for hydroxylation is 1. The van der Waals surface area contributed by atoms with Crippen LogP contribution in [0.4, 0.5) is 0 Å². The molecule has 0 radical (unpaired) electrons. The van der Waals surface area contributed by atoms with E-state index in [1.54, 1.807) is 11.3 Å².